The van der Waals surface area contributed by atoms with Gasteiger partial charge in [0, 0.05) is 18.2 Å². The number of aromatic nitrogens is 2. The summed E-state index contributed by atoms with van der Waals surface area (Å²) < 4.78 is 12.1. The summed E-state index contributed by atoms with van der Waals surface area (Å²) in [5, 5.41) is 7.14. The lowest BCUT2D eigenvalue weighted by molar-refractivity contribution is -0.123. The first-order valence-corrected chi connectivity index (χ1v) is 9.65. The van der Waals surface area contributed by atoms with Crippen LogP contribution < -0.4 is 20.3 Å². The number of carbonyl (C=O) groups excluding carboxylic acids is 1. The van der Waals surface area contributed by atoms with Crippen molar-refractivity contribution in [3.63, 3.8) is 0 Å². The second-order valence-corrected chi connectivity index (χ2v) is 6.94. The molecule has 1 N–H and O–H groups in total. The summed E-state index contributed by atoms with van der Waals surface area (Å²) in [6, 6.07) is 16.6. The molecule has 0 aliphatic rings. The van der Waals surface area contributed by atoms with Crippen molar-refractivity contribution in [2.45, 2.75) is 20.4 Å². The smallest absolute Gasteiger partial charge is 0.266 e. The fourth-order valence-electron chi connectivity index (χ4n) is 2.88. The van der Waals surface area contributed by atoms with Gasteiger partial charge in [0.15, 0.2) is 18.1 Å². The standard InChI is InChI=1S/C23H25N3O4/c1-16-4-7-18(8-5-16)19-9-11-23(28)26(25-19)13-12-24-22(27)15-30-20-10-6-17(2)14-21(20)29-3/h4-11,14H,12-13,15H2,1-3H3,(H,24,27). The highest BCUT2D eigenvalue weighted by atomic mass is 16.5. The first-order chi connectivity index (χ1) is 14.5. The zero-order valence-electron chi connectivity index (χ0n) is 17.3. The molecule has 3 rings (SSSR count). The van der Waals surface area contributed by atoms with E-state index in [-0.39, 0.29) is 31.2 Å². The van der Waals surface area contributed by atoms with Crippen LogP contribution in [0.15, 0.2) is 59.4 Å². The molecule has 0 atom stereocenters. The van der Waals surface area contributed by atoms with Gasteiger partial charge in [-0.3, -0.25) is 9.59 Å². The summed E-state index contributed by atoms with van der Waals surface area (Å²) in [5.41, 5.74) is 3.60. The number of carbonyl (C=O) groups is 1. The number of hydrogen-bond donors (Lipinski definition) is 1. The molecule has 2 aromatic carbocycles. The van der Waals surface area contributed by atoms with Gasteiger partial charge in [-0.05, 0) is 37.6 Å². The van der Waals surface area contributed by atoms with E-state index in [1.165, 1.54) is 10.7 Å². The topological polar surface area (TPSA) is 82.4 Å². The van der Waals surface area contributed by atoms with E-state index in [0.717, 1.165) is 16.7 Å². The first kappa shape index (κ1) is 21.1. The largest absolute Gasteiger partial charge is 0.493 e. The van der Waals surface area contributed by atoms with Crippen LogP contribution in [0.3, 0.4) is 0 Å². The Morgan fingerprint density at radius 1 is 1.00 bits per heavy atom. The number of amides is 1. The summed E-state index contributed by atoms with van der Waals surface area (Å²) in [6.07, 6.45) is 0. The second-order valence-electron chi connectivity index (χ2n) is 6.94. The van der Waals surface area contributed by atoms with Crippen molar-refractivity contribution in [3.05, 3.63) is 76.1 Å². The third-order valence-corrected chi connectivity index (χ3v) is 4.54. The van der Waals surface area contributed by atoms with Crippen molar-refractivity contribution in [2.24, 2.45) is 0 Å². The summed E-state index contributed by atoms with van der Waals surface area (Å²) in [4.78, 5) is 24.2. The maximum Gasteiger partial charge on any atom is 0.266 e. The van der Waals surface area contributed by atoms with Crippen molar-refractivity contribution in [3.8, 4) is 22.8 Å². The summed E-state index contributed by atoms with van der Waals surface area (Å²) in [7, 11) is 1.55. The third kappa shape index (κ3) is 5.47. The lowest BCUT2D eigenvalue weighted by Gasteiger charge is -2.12. The van der Waals surface area contributed by atoms with E-state index in [9.17, 15) is 9.59 Å². The van der Waals surface area contributed by atoms with Gasteiger partial charge in [0.2, 0.25) is 0 Å². The monoisotopic (exact) mass is 407 g/mol. The molecule has 0 aliphatic heterocycles. The van der Waals surface area contributed by atoms with Crippen molar-refractivity contribution in [2.75, 3.05) is 20.3 Å². The molecule has 0 aliphatic carbocycles. The van der Waals surface area contributed by atoms with E-state index in [4.69, 9.17) is 9.47 Å². The van der Waals surface area contributed by atoms with E-state index in [1.54, 1.807) is 19.2 Å². The van der Waals surface area contributed by atoms with Gasteiger partial charge in [0.1, 0.15) is 0 Å². The van der Waals surface area contributed by atoms with Crippen LogP contribution in [0.25, 0.3) is 11.3 Å². The van der Waals surface area contributed by atoms with Gasteiger partial charge in [0.05, 0.1) is 19.3 Å². The lowest BCUT2D eigenvalue weighted by Crippen LogP contribution is -2.34. The van der Waals surface area contributed by atoms with Gasteiger partial charge in [0.25, 0.3) is 11.5 Å². The number of ether oxygens (including phenoxy) is 2. The fraction of sp³-hybridized carbons (Fsp3) is 0.261. The molecule has 1 amide bonds. The molecule has 3 aromatic rings. The van der Waals surface area contributed by atoms with E-state index >= 15 is 0 Å². The van der Waals surface area contributed by atoms with Crippen LogP contribution in [-0.2, 0) is 11.3 Å². The molecule has 0 fully saturated rings. The molecule has 0 radical (unpaired) electrons. The van der Waals surface area contributed by atoms with Crippen LogP contribution in [0.1, 0.15) is 11.1 Å². The molecule has 0 bridgehead atoms. The van der Waals surface area contributed by atoms with Gasteiger partial charge in [-0.15, -0.1) is 0 Å². The summed E-state index contributed by atoms with van der Waals surface area (Å²) in [5.74, 6) is 0.786. The maximum atomic E-state index is 12.1. The van der Waals surface area contributed by atoms with Gasteiger partial charge in [-0.2, -0.15) is 5.10 Å². The molecule has 30 heavy (non-hydrogen) atoms. The van der Waals surface area contributed by atoms with Crippen LogP contribution in [0.5, 0.6) is 11.5 Å². The van der Waals surface area contributed by atoms with E-state index in [2.05, 4.69) is 10.4 Å². The SMILES string of the molecule is COc1cc(C)ccc1OCC(=O)NCCn1nc(-c2ccc(C)cc2)ccc1=O. The predicted octanol–water partition coefficient (Wildman–Crippen LogP) is 2.73. The van der Waals surface area contributed by atoms with Crippen LogP contribution in [0, 0.1) is 13.8 Å². The fourth-order valence-corrected chi connectivity index (χ4v) is 2.88. The van der Waals surface area contributed by atoms with Gasteiger partial charge in [-0.1, -0.05) is 35.9 Å². The first-order valence-electron chi connectivity index (χ1n) is 9.65. The van der Waals surface area contributed by atoms with Crippen LogP contribution in [-0.4, -0.2) is 35.9 Å². The molecule has 0 unspecified atom stereocenters. The normalized spacial score (nSPS) is 10.5. The quantitative estimate of drug-likeness (QED) is 0.621. The average Bonchev–Trinajstić information content (AvgIpc) is 2.74. The molecule has 0 saturated carbocycles. The van der Waals surface area contributed by atoms with E-state index in [1.807, 2.05) is 50.2 Å². The lowest BCUT2D eigenvalue weighted by atomic mass is 10.1. The molecule has 0 spiro atoms. The van der Waals surface area contributed by atoms with Gasteiger partial charge >= 0.3 is 0 Å². The molecule has 1 heterocycles. The van der Waals surface area contributed by atoms with Crippen LogP contribution >= 0.6 is 0 Å². The number of nitrogens with zero attached hydrogens (tertiary/aromatic N) is 2. The Morgan fingerprint density at radius 2 is 1.73 bits per heavy atom. The number of benzene rings is 2. The van der Waals surface area contributed by atoms with Gasteiger partial charge in [-0.25, -0.2) is 4.68 Å². The third-order valence-electron chi connectivity index (χ3n) is 4.54. The average molecular weight is 407 g/mol. The molecule has 1 aromatic heterocycles. The highest BCUT2D eigenvalue weighted by molar-refractivity contribution is 5.77. The number of methoxy groups -OCH3 is 1. The second kappa shape index (κ2) is 9.73. The molecule has 156 valence electrons. The number of hydrogen-bond acceptors (Lipinski definition) is 5. The Kier molecular flexibility index (Phi) is 6.85. The highest BCUT2D eigenvalue weighted by Gasteiger charge is 2.08. The number of rotatable bonds is 8. The predicted molar refractivity (Wildman–Crippen MR) is 115 cm³/mol. The Balaban J connectivity index is 1.54. The minimum Gasteiger partial charge on any atom is -0.493 e. The summed E-state index contributed by atoms with van der Waals surface area (Å²) in [6.45, 7) is 4.34. The van der Waals surface area contributed by atoms with E-state index < -0.39 is 0 Å². The number of nitrogens with one attached hydrogen (secondary N) is 1. The van der Waals surface area contributed by atoms with Crippen LogP contribution in [0.2, 0.25) is 0 Å². The minimum atomic E-state index is -0.291. The molecular formula is C23H25N3O4. The Labute approximate surface area is 175 Å². The van der Waals surface area contributed by atoms with Crippen molar-refractivity contribution >= 4 is 5.91 Å². The van der Waals surface area contributed by atoms with Crippen molar-refractivity contribution in [1.29, 1.82) is 0 Å². The maximum absolute atomic E-state index is 12.1. The molecule has 0 saturated heterocycles. The van der Waals surface area contributed by atoms with Crippen molar-refractivity contribution in [1.82, 2.24) is 15.1 Å². The molecule has 7 nitrogen and oxygen atoms in total. The minimum absolute atomic E-state index is 0.148. The van der Waals surface area contributed by atoms with Crippen molar-refractivity contribution < 1.29 is 14.3 Å². The zero-order valence-corrected chi connectivity index (χ0v) is 17.3. The van der Waals surface area contributed by atoms with Crippen LogP contribution in [0.4, 0.5) is 0 Å². The Hall–Kier alpha value is -3.61. The number of aryl methyl sites for hydroxylation is 2. The Bertz CT molecular complexity index is 1070. The molecule has 7 heteroatoms. The zero-order chi connectivity index (χ0) is 21.5. The highest BCUT2D eigenvalue weighted by Crippen LogP contribution is 2.27. The Morgan fingerprint density at radius 3 is 2.47 bits per heavy atom. The van der Waals surface area contributed by atoms with E-state index in [0.29, 0.717) is 17.2 Å². The van der Waals surface area contributed by atoms with Gasteiger partial charge < -0.3 is 14.8 Å². The molecular weight excluding hydrogens is 382 g/mol. The summed E-state index contributed by atoms with van der Waals surface area (Å²) >= 11 is 0.